The number of carbonyl (C=O) groups is 2. The Morgan fingerprint density at radius 3 is 2.52 bits per heavy atom. The molecule has 118 valence electrons. The number of halogens is 1. The van der Waals surface area contributed by atoms with Crippen LogP contribution in [0.15, 0.2) is 36.7 Å². The minimum absolute atomic E-state index is 0.0999. The Bertz CT molecular complexity index is 748. The number of carboxylic acids is 1. The van der Waals surface area contributed by atoms with Gasteiger partial charge in [-0.1, -0.05) is 29.8 Å². The summed E-state index contributed by atoms with van der Waals surface area (Å²) in [5.41, 5.74) is 0.856. The van der Waals surface area contributed by atoms with Crippen LogP contribution in [0.5, 0.6) is 0 Å². The minimum atomic E-state index is -1.17. The molecular weight excluding hydrogens is 318 g/mol. The summed E-state index contributed by atoms with van der Waals surface area (Å²) in [6.45, 7) is 0.608. The molecule has 6 nitrogen and oxygen atoms in total. The van der Waals surface area contributed by atoms with Crippen LogP contribution in [-0.2, 0) is 0 Å². The van der Waals surface area contributed by atoms with E-state index in [9.17, 15) is 9.59 Å². The van der Waals surface area contributed by atoms with Gasteiger partial charge in [-0.05, 0) is 24.5 Å². The zero-order chi connectivity index (χ0) is 16.4. The molecule has 1 atom stereocenters. The van der Waals surface area contributed by atoms with Crippen molar-refractivity contribution in [3.63, 3.8) is 0 Å². The maximum Gasteiger partial charge on any atom is 0.356 e. The highest BCUT2D eigenvalue weighted by atomic mass is 35.5. The number of hydrogen-bond donors (Lipinski definition) is 1. The van der Waals surface area contributed by atoms with E-state index < -0.39 is 5.97 Å². The van der Waals surface area contributed by atoms with Crippen LogP contribution in [0.3, 0.4) is 0 Å². The third-order valence-corrected chi connectivity index (χ3v) is 4.21. The van der Waals surface area contributed by atoms with Crippen molar-refractivity contribution in [3.8, 4) is 0 Å². The molecule has 1 amide bonds. The number of carboxylic acid groups (broad SMARTS) is 1. The predicted octanol–water partition coefficient (Wildman–Crippen LogP) is 2.81. The van der Waals surface area contributed by atoms with Crippen LogP contribution >= 0.6 is 11.6 Å². The molecule has 0 radical (unpaired) electrons. The van der Waals surface area contributed by atoms with Gasteiger partial charge in [-0.2, -0.15) is 0 Å². The van der Waals surface area contributed by atoms with Crippen molar-refractivity contribution < 1.29 is 14.7 Å². The first-order valence-corrected chi connectivity index (χ1v) is 7.56. The summed E-state index contributed by atoms with van der Waals surface area (Å²) in [5.74, 6) is -1.44. The first kappa shape index (κ1) is 15.4. The van der Waals surface area contributed by atoms with E-state index in [0.717, 1.165) is 24.6 Å². The molecule has 1 N–H and O–H groups in total. The van der Waals surface area contributed by atoms with Gasteiger partial charge in [0.25, 0.3) is 5.91 Å². The van der Waals surface area contributed by atoms with Crippen molar-refractivity contribution in [1.82, 2.24) is 14.9 Å². The average Bonchev–Trinajstić information content (AvgIpc) is 3.04. The fourth-order valence-electron chi connectivity index (χ4n) is 2.77. The Morgan fingerprint density at radius 2 is 1.87 bits per heavy atom. The standard InChI is InChI=1S/C16H14ClN3O3/c17-11-5-2-1-4-10(11)14-6-3-7-20(14)15(21)12-8-19-13(9-18-12)16(22)23/h1-2,4-5,8-9,14H,3,6-7H2,(H,22,23). The van der Waals surface area contributed by atoms with Gasteiger partial charge in [-0.25, -0.2) is 14.8 Å². The van der Waals surface area contributed by atoms with Gasteiger partial charge in [0.15, 0.2) is 5.69 Å². The molecule has 1 aliphatic rings. The molecule has 2 aromatic rings. The Kier molecular flexibility index (Phi) is 4.25. The summed E-state index contributed by atoms with van der Waals surface area (Å²) in [4.78, 5) is 32.8. The zero-order valence-corrected chi connectivity index (χ0v) is 12.9. The quantitative estimate of drug-likeness (QED) is 0.935. The number of aromatic carboxylic acids is 1. The van der Waals surface area contributed by atoms with Gasteiger partial charge in [0.05, 0.1) is 18.4 Å². The topological polar surface area (TPSA) is 83.4 Å². The predicted molar refractivity (Wildman–Crippen MR) is 83.5 cm³/mol. The highest BCUT2D eigenvalue weighted by Crippen LogP contribution is 2.36. The van der Waals surface area contributed by atoms with E-state index in [-0.39, 0.29) is 23.3 Å². The lowest BCUT2D eigenvalue weighted by Crippen LogP contribution is -2.31. The Morgan fingerprint density at radius 1 is 1.17 bits per heavy atom. The molecule has 2 heterocycles. The molecular formula is C16H14ClN3O3. The second-order valence-electron chi connectivity index (χ2n) is 5.27. The van der Waals surface area contributed by atoms with Crippen LogP contribution in [0, 0.1) is 0 Å². The Hall–Kier alpha value is -2.47. The van der Waals surface area contributed by atoms with Gasteiger partial charge < -0.3 is 10.0 Å². The largest absolute Gasteiger partial charge is 0.476 e. The SMILES string of the molecule is O=C(O)c1cnc(C(=O)N2CCCC2c2ccccc2Cl)cn1. The number of amides is 1. The third kappa shape index (κ3) is 3.03. The van der Waals surface area contributed by atoms with E-state index >= 15 is 0 Å². The van der Waals surface area contributed by atoms with E-state index in [1.165, 1.54) is 6.20 Å². The molecule has 0 bridgehead atoms. The third-order valence-electron chi connectivity index (χ3n) is 3.87. The molecule has 1 aromatic carbocycles. The molecule has 1 saturated heterocycles. The normalized spacial score (nSPS) is 17.3. The second kappa shape index (κ2) is 6.34. The summed E-state index contributed by atoms with van der Waals surface area (Å²) in [7, 11) is 0. The summed E-state index contributed by atoms with van der Waals surface area (Å²) >= 11 is 6.24. The van der Waals surface area contributed by atoms with Crippen LogP contribution in [0.4, 0.5) is 0 Å². The van der Waals surface area contributed by atoms with E-state index in [0.29, 0.717) is 11.6 Å². The van der Waals surface area contributed by atoms with Gasteiger partial charge in [-0.15, -0.1) is 0 Å². The molecule has 7 heteroatoms. The van der Waals surface area contributed by atoms with Crippen molar-refractivity contribution >= 4 is 23.5 Å². The van der Waals surface area contributed by atoms with Crippen LogP contribution in [-0.4, -0.2) is 38.4 Å². The van der Waals surface area contributed by atoms with Crippen LogP contribution in [0.2, 0.25) is 5.02 Å². The minimum Gasteiger partial charge on any atom is -0.476 e. The molecule has 1 fully saturated rings. The Labute approximate surface area is 137 Å². The molecule has 1 aromatic heterocycles. The number of rotatable bonds is 3. The van der Waals surface area contributed by atoms with Gasteiger partial charge in [0.2, 0.25) is 0 Å². The van der Waals surface area contributed by atoms with E-state index in [1.807, 2.05) is 18.2 Å². The smallest absolute Gasteiger partial charge is 0.356 e. The van der Waals surface area contributed by atoms with Crippen LogP contribution in [0.1, 0.15) is 45.4 Å². The summed E-state index contributed by atoms with van der Waals surface area (Å²) < 4.78 is 0. The van der Waals surface area contributed by atoms with Crippen molar-refractivity contribution in [3.05, 3.63) is 58.6 Å². The van der Waals surface area contributed by atoms with Crippen molar-refractivity contribution in [2.45, 2.75) is 18.9 Å². The Balaban J connectivity index is 1.86. The number of benzene rings is 1. The molecule has 23 heavy (non-hydrogen) atoms. The number of aromatic nitrogens is 2. The lowest BCUT2D eigenvalue weighted by atomic mass is 10.0. The molecule has 0 spiro atoms. The second-order valence-corrected chi connectivity index (χ2v) is 5.68. The van der Waals surface area contributed by atoms with E-state index in [1.54, 1.807) is 11.0 Å². The highest BCUT2D eigenvalue weighted by Gasteiger charge is 2.32. The fraction of sp³-hybridized carbons (Fsp3) is 0.250. The maximum atomic E-state index is 12.7. The molecule has 1 unspecified atom stereocenters. The number of nitrogens with zero attached hydrogens (tertiary/aromatic N) is 3. The number of carbonyl (C=O) groups excluding carboxylic acids is 1. The van der Waals surface area contributed by atoms with Crippen molar-refractivity contribution in [1.29, 1.82) is 0 Å². The van der Waals surface area contributed by atoms with Gasteiger partial charge in [-0.3, -0.25) is 4.79 Å². The van der Waals surface area contributed by atoms with Gasteiger partial charge in [0.1, 0.15) is 5.69 Å². The lowest BCUT2D eigenvalue weighted by molar-refractivity contribution is 0.0683. The molecule has 3 rings (SSSR count). The lowest BCUT2D eigenvalue weighted by Gasteiger charge is -2.25. The molecule has 0 aliphatic carbocycles. The van der Waals surface area contributed by atoms with Crippen LogP contribution in [0.25, 0.3) is 0 Å². The molecule has 0 saturated carbocycles. The maximum absolute atomic E-state index is 12.7. The monoisotopic (exact) mass is 331 g/mol. The van der Waals surface area contributed by atoms with Gasteiger partial charge >= 0.3 is 5.97 Å². The van der Waals surface area contributed by atoms with Gasteiger partial charge in [0, 0.05) is 11.6 Å². The van der Waals surface area contributed by atoms with E-state index in [2.05, 4.69) is 9.97 Å². The first-order valence-electron chi connectivity index (χ1n) is 7.18. The first-order chi connectivity index (χ1) is 11.1. The summed E-state index contributed by atoms with van der Waals surface area (Å²) in [5, 5.41) is 9.46. The van der Waals surface area contributed by atoms with Crippen molar-refractivity contribution in [2.75, 3.05) is 6.54 Å². The summed E-state index contributed by atoms with van der Waals surface area (Å²) in [6, 6.07) is 7.36. The fourth-order valence-corrected chi connectivity index (χ4v) is 3.04. The average molecular weight is 332 g/mol. The zero-order valence-electron chi connectivity index (χ0n) is 12.1. The summed E-state index contributed by atoms with van der Waals surface area (Å²) in [6.07, 6.45) is 4.00. The number of likely N-dealkylation sites (tertiary alicyclic amines) is 1. The molecule has 1 aliphatic heterocycles. The highest BCUT2D eigenvalue weighted by molar-refractivity contribution is 6.31. The van der Waals surface area contributed by atoms with Crippen LogP contribution < -0.4 is 0 Å². The van der Waals surface area contributed by atoms with Crippen molar-refractivity contribution in [2.24, 2.45) is 0 Å². The number of hydrogen-bond acceptors (Lipinski definition) is 4. The van der Waals surface area contributed by atoms with E-state index in [4.69, 9.17) is 16.7 Å².